The zero-order valence-corrected chi connectivity index (χ0v) is 11.6. The summed E-state index contributed by atoms with van der Waals surface area (Å²) < 4.78 is 9.82. The van der Waals surface area contributed by atoms with E-state index in [1.165, 1.54) is 0 Å². The number of carbonyl (C=O) groups is 2. The number of hydrogen-bond acceptors (Lipinski definition) is 6. The second-order valence-corrected chi connectivity index (χ2v) is 5.57. The predicted molar refractivity (Wildman–Crippen MR) is 70.1 cm³/mol. The van der Waals surface area contributed by atoms with Gasteiger partial charge in [0, 0.05) is 16.6 Å². The fraction of sp³-hybridized carbons (Fsp3) is 0.636. The molecule has 0 spiro atoms. The molecule has 0 aromatic heterocycles. The van der Waals surface area contributed by atoms with Gasteiger partial charge in [0.05, 0.1) is 13.2 Å². The van der Waals surface area contributed by atoms with Gasteiger partial charge in [0.2, 0.25) is 0 Å². The molecule has 0 N–H and O–H groups in total. The molecule has 17 heavy (non-hydrogen) atoms. The van der Waals surface area contributed by atoms with E-state index in [4.69, 9.17) is 9.47 Å². The van der Waals surface area contributed by atoms with Crippen LogP contribution in [0.25, 0.3) is 0 Å². The summed E-state index contributed by atoms with van der Waals surface area (Å²) in [7, 11) is 0. The van der Waals surface area contributed by atoms with E-state index in [0.29, 0.717) is 11.5 Å². The Labute approximate surface area is 109 Å². The van der Waals surface area contributed by atoms with Gasteiger partial charge < -0.3 is 9.47 Å². The van der Waals surface area contributed by atoms with Crippen LogP contribution in [0.5, 0.6) is 0 Å². The van der Waals surface area contributed by atoms with E-state index in [9.17, 15) is 9.59 Å². The molecule has 1 saturated heterocycles. The molecule has 96 valence electrons. The average molecular weight is 276 g/mol. The first-order chi connectivity index (χ1) is 8.20. The van der Waals surface area contributed by atoms with E-state index in [0.717, 1.165) is 10.7 Å². The zero-order chi connectivity index (χ0) is 12.7. The molecule has 1 fully saturated rings. The quantitative estimate of drug-likeness (QED) is 0.338. The van der Waals surface area contributed by atoms with Gasteiger partial charge in [-0.2, -0.15) is 0 Å². The fourth-order valence-electron chi connectivity index (χ4n) is 1.35. The molecule has 0 radical (unpaired) electrons. The summed E-state index contributed by atoms with van der Waals surface area (Å²) in [4.78, 5) is 23.5. The minimum absolute atomic E-state index is 0.0911. The largest absolute Gasteiger partial charge is 0.462 e. The molecule has 1 aliphatic rings. The predicted octanol–water partition coefficient (Wildman–Crippen LogP) is 1.85. The Balaban J connectivity index is 2.91. The Hall–Kier alpha value is -0.620. The van der Waals surface area contributed by atoms with E-state index in [1.54, 1.807) is 37.4 Å². The molecule has 0 atom stereocenters. The first-order valence-corrected chi connectivity index (χ1v) is 7.73. The van der Waals surface area contributed by atoms with Crippen molar-refractivity contribution in [3.8, 4) is 0 Å². The van der Waals surface area contributed by atoms with Crippen molar-refractivity contribution in [1.82, 2.24) is 0 Å². The lowest BCUT2D eigenvalue weighted by Crippen LogP contribution is -2.22. The molecule has 0 saturated carbocycles. The molecule has 0 unspecified atom stereocenters. The molecule has 0 bridgehead atoms. The molecule has 0 aliphatic carbocycles. The highest BCUT2D eigenvalue weighted by Gasteiger charge is 2.26. The highest BCUT2D eigenvalue weighted by molar-refractivity contribution is 8.16. The third-order valence-corrected chi connectivity index (χ3v) is 4.47. The van der Waals surface area contributed by atoms with Gasteiger partial charge in [-0.15, -0.1) is 23.5 Å². The normalized spacial score (nSPS) is 15.3. The summed E-state index contributed by atoms with van der Waals surface area (Å²) in [5, 5.41) is 0.989. The molecule has 6 heteroatoms. The molecular weight excluding hydrogens is 260 g/mol. The lowest BCUT2D eigenvalue weighted by molar-refractivity contribution is -0.146. The molecule has 0 amide bonds. The number of thioether (sulfide) groups is 2. The lowest BCUT2D eigenvalue weighted by atomic mass is 10.1. The number of ether oxygens (including phenoxy) is 2. The van der Waals surface area contributed by atoms with Crippen LogP contribution in [0.2, 0.25) is 0 Å². The molecule has 1 aliphatic heterocycles. The van der Waals surface area contributed by atoms with Crippen LogP contribution in [-0.2, 0) is 19.1 Å². The van der Waals surface area contributed by atoms with E-state index in [1.807, 2.05) is 0 Å². The minimum Gasteiger partial charge on any atom is -0.462 e. The van der Waals surface area contributed by atoms with Crippen LogP contribution in [0, 0.1) is 0 Å². The van der Waals surface area contributed by atoms with Gasteiger partial charge >= 0.3 is 11.9 Å². The van der Waals surface area contributed by atoms with Gasteiger partial charge in [0.25, 0.3) is 0 Å². The highest BCUT2D eigenvalue weighted by Crippen LogP contribution is 2.28. The van der Waals surface area contributed by atoms with Gasteiger partial charge in [0.1, 0.15) is 5.57 Å². The number of rotatable bonds is 4. The van der Waals surface area contributed by atoms with Crippen LogP contribution in [0.15, 0.2) is 11.1 Å². The Kier molecular flexibility index (Phi) is 6.50. The molecule has 0 aromatic rings. The van der Waals surface area contributed by atoms with Crippen molar-refractivity contribution in [3.05, 3.63) is 11.1 Å². The Morgan fingerprint density at radius 1 is 1.06 bits per heavy atom. The summed E-state index contributed by atoms with van der Waals surface area (Å²) in [5.41, 5.74) is 0.913. The third kappa shape index (κ3) is 4.27. The molecule has 1 rings (SSSR count). The monoisotopic (exact) mass is 276 g/mol. The Bertz CT molecular complexity index is 297. The van der Waals surface area contributed by atoms with Crippen LogP contribution >= 0.6 is 23.5 Å². The van der Waals surface area contributed by atoms with Crippen molar-refractivity contribution in [1.29, 1.82) is 0 Å². The van der Waals surface area contributed by atoms with Gasteiger partial charge in [-0.3, -0.25) is 0 Å². The number of esters is 2. The van der Waals surface area contributed by atoms with Gasteiger partial charge in [0.15, 0.2) is 0 Å². The zero-order valence-electron chi connectivity index (χ0n) is 9.99. The molecular formula is C11H16O4S2. The second kappa shape index (κ2) is 7.66. The van der Waals surface area contributed by atoms with Gasteiger partial charge in [-0.05, 0) is 19.4 Å². The van der Waals surface area contributed by atoms with Crippen LogP contribution < -0.4 is 0 Å². The van der Waals surface area contributed by atoms with Crippen molar-refractivity contribution < 1.29 is 19.1 Å². The van der Waals surface area contributed by atoms with Crippen molar-refractivity contribution in [2.45, 2.75) is 13.8 Å². The van der Waals surface area contributed by atoms with E-state index in [2.05, 4.69) is 0 Å². The molecule has 0 aromatic carbocycles. The Morgan fingerprint density at radius 3 is 1.94 bits per heavy atom. The van der Waals surface area contributed by atoms with E-state index in [-0.39, 0.29) is 18.8 Å². The van der Waals surface area contributed by atoms with E-state index >= 15 is 0 Å². The summed E-state index contributed by atoms with van der Waals surface area (Å²) in [5.74, 6) is 0.257. The summed E-state index contributed by atoms with van der Waals surface area (Å²) in [6.07, 6.45) is 0. The first-order valence-electron chi connectivity index (χ1n) is 5.42. The summed E-state index contributed by atoms with van der Waals surface area (Å²) in [6.45, 7) is 3.95. The van der Waals surface area contributed by atoms with Gasteiger partial charge in [-0.1, -0.05) is 0 Å². The summed E-state index contributed by atoms with van der Waals surface area (Å²) in [6, 6.07) is 0. The first kappa shape index (κ1) is 14.4. The highest BCUT2D eigenvalue weighted by atomic mass is 32.2. The van der Waals surface area contributed by atoms with Crippen molar-refractivity contribution in [3.63, 3.8) is 0 Å². The second-order valence-electron chi connectivity index (χ2n) is 3.23. The lowest BCUT2D eigenvalue weighted by Gasteiger charge is -2.16. The standard InChI is InChI=1S/C11H16O4S2/c1-3-14-10(12)9(11(13)15-4-2)8-5-16-7-17-6-8/h3-7H2,1-2H3. The van der Waals surface area contributed by atoms with E-state index < -0.39 is 11.9 Å². The van der Waals surface area contributed by atoms with Crippen LogP contribution in [0.4, 0.5) is 0 Å². The maximum atomic E-state index is 11.8. The molecule has 4 nitrogen and oxygen atoms in total. The topological polar surface area (TPSA) is 52.6 Å². The maximum absolute atomic E-state index is 11.8. The number of carbonyl (C=O) groups excluding carboxylic acids is 2. The van der Waals surface area contributed by atoms with Crippen LogP contribution in [0.1, 0.15) is 13.8 Å². The molecule has 1 heterocycles. The SMILES string of the molecule is CCOC(=O)C(C(=O)OCC)=C1CSCSC1. The van der Waals surface area contributed by atoms with Crippen molar-refractivity contribution >= 4 is 35.5 Å². The van der Waals surface area contributed by atoms with Crippen molar-refractivity contribution in [2.24, 2.45) is 0 Å². The Morgan fingerprint density at radius 2 is 1.53 bits per heavy atom. The third-order valence-electron chi connectivity index (χ3n) is 2.03. The minimum atomic E-state index is -0.566. The smallest absolute Gasteiger partial charge is 0.345 e. The average Bonchev–Trinajstić information content (AvgIpc) is 2.31. The number of hydrogen-bond donors (Lipinski definition) is 0. The van der Waals surface area contributed by atoms with Crippen LogP contribution in [-0.4, -0.2) is 41.7 Å². The maximum Gasteiger partial charge on any atom is 0.345 e. The van der Waals surface area contributed by atoms with Crippen LogP contribution in [0.3, 0.4) is 0 Å². The fourth-order valence-corrected chi connectivity index (χ4v) is 3.61. The van der Waals surface area contributed by atoms with Crippen molar-refractivity contribution in [2.75, 3.05) is 29.8 Å². The summed E-state index contributed by atoms with van der Waals surface area (Å²) >= 11 is 3.38. The van der Waals surface area contributed by atoms with Gasteiger partial charge in [-0.25, -0.2) is 9.59 Å².